The highest BCUT2D eigenvalue weighted by molar-refractivity contribution is 14.1. The molecule has 0 fully saturated rings. The predicted molar refractivity (Wildman–Crippen MR) is 95.6 cm³/mol. The molecule has 0 saturated carbocycles. The monoisotopic (exact) mass is 561 g/mol. The Balaban J connectivity index is 2.19. The maximum absolute atomic E-state index is 12.2. The molecule has 1 aromatic heterocycles. The SMILES string of the molecule is CCCn1nnc(NC(=O)c2cc(I)cc(I)c2Br)n1. The highest BCUT2D eigenvalue weighted by atomic mass is 127. The van der Waals surface area contributed by atoms with Crippen LogP contribution in [0.1, 0.15) is 23.7 Å². The third-order valence-corrected chi connectivity index (χ3v) is 5.41. The lowest BCUT2D eigenvalue weighted by molar-refractivity contribution is 0.102. The molecule has 1 amide bonds. The van der Waals surface area contributed by atoms with Gasteiger partial charge in [-0.25, -0.2) is 0 Å². The van der Waals surface area contributed by atoms with Crippen LogP contribution < -0.4 is 5.32 Å². The maximum atomic E-state index is 12.2. The number of hydrogen-bond acceptors (Lipinski definition) is 4. The number of nitrogens with zero attached hydrogens (tertiary/aromatic N) is 4. The van der Waals surface area contributed by atoms with E-state index < -0.39 is 0 Å². The summed E-state index contributed by atoms with van der Waals surface area (Å²) in [5.41, 5.74) is 0.549. The van der Waals surface area contributed by atoms with E-state index in [2.05, 4.69) is 81.8 Å². The number of carbonyl (C=O) groups excluding carboxylic acids is 1. The summed E-state index contributed by atoms with van der Waals surface area (Å²) >= 11 is 7.77. The van der Waals surface area contributed by atoms with Gasteiger partial charge in [0.2, 0.25) is 0 Å². The molecule has 0 aliphatic rings. The van der Waals surface area contributed by atoms with Gasteiger partial charge in [-0.3, -0.25) is 10.1 Å². The summed E-state index contributed by atoms with van der Waals surface area (Å²) in [5, 5.41) is 14.4. The number of amides is 1. The molecule has 106 valence electrons. The zero-order chi connectivity index (χ0) is 14.7. The molecular weight excluding hydrogens is 552 g/mol. The lowest BCUT2D eigenvalue weighted by Gasteiger charge is -2.06. The first-order valence-electron chi connectivity index (χ1n) is 5.75. The minimum absolute atomic E-state index is 0.212. The molecule has 1 N–H and O–H groups in total. The molecule has 0 radical (unpaired) electrons. The summed E-state index contributed by atoms with van der Waals surface area (Å²) in [5.74, 6) is -0.0476. The minimum Gasteiger partial charge on any atom is -0.288 e. The normalized spacial score (nSPS) is 10.6. The summed E-state index contributed by atoms with van der Waals surface area (Å²) in [6.45, 7) is 2.69. The standard InChI is InChI=1S/C11H10BrI2N5O/c1-2-3-19-17-11(16-18-19)15-10(20)7-4-6(13)5-8(14)9(7)12/h4-5H,2-3H2,1H3,(H,15,17,20). The molecule has 0 aliphatic carbocycles. The van der Waals surface area contributed by atoms with Crippen molar-refractivity contribution in [3.8, 4) is 0 Å². The first-order valence-corrected chi connectivity index (χ1v) is 8.70. The summed E-state index contributed by atoms with van der Waals surface area (Å²) in [4.78, 5) is 13.7. The fourth-order valence-corrected chi connectivity index (χ4v) is 3.73. The second kappa shape index (κ2) is 7.11. The number of carbonyl (C=O) groups is 1. The number of aryl methyl sites for hydroxylation is 1. The van der Waals surface area contributed by atoms with Gasteiger partial charge in [-0.1, -0.05) is 12.0 Å². The van der Waals surface area contributed by atoms with Crippen molar-refractivity contribution in [2.24, 2.45) is 0 Å². The number of hydrogen-bond donors (Lipinski definition) is 1. The first kappa shape index (κ1) is 16.1. The van der Waals surface area contributed by atoms with Crippen LogP contribution in [0.3, 0.4) is 0 Å². The molecule has 20 heavy (non-hydrogen) atoms. The van der Waals surface area contributed by atoms with Gasteiger partial charge in [-0.2, -0.15) is 4.80 Å². The Labute approximate surface area is 151 Å². The topological polar surface area (TPSA) is 72.7 Å². The number of halogens is 3. The first-order chi connectivity index (χ1) is 9.51. The zero-order valence-corrected chi connectivity index (χ0v) is 16.3. The predicted octanol–water partition coefficient (Wildman–Crippen LogP) is 3.31. The van der Waals surface area contributed by atoms with Crippen LogP contribution >= 0.6 is 61.1 Å². The van der Waals surface area contributed by atoms with Crippen molar-refractivity contribution in [2.45, 2.75) is 19.9 Å². The van der Waals surface area contributed by atoms with E-state index in [0.717, 1.165) is 18.0 Å². The van der Waals surface area contributed by atoms with Crippen LogP contribution in [-0.4, -0.2) is 26.1 Å². The number of nitrogens with one attached hydrogen (secondary N) is 1. The van der Waals surface area contributed by atoms with Crippen LogP contribution in [-0.2, 0) is 6.54 Å². The van der Waals surface area contributed by atoms with Gasteiger partial charge in [-0.05, 0) is 84.9 Å². The van der Waals surface area contributed by atoms with E-state index in [1.807, 2.05) is 13.0 Å². The van der Waals surface area contributed by atoms with Crippen LogP contribution in [0, 0.1) is 7.14 Å². The molecule has 0 aliphatic heterocycles. The van der Waals surface area contributed by atoms with Crippen LogP contribution in [0.2, 0.25) is 0 Å². The van der Waals surface area contributed by atoms with Crippen molar-refractivity contribution in [3.05, 3.63) is 29.3 Å². The molecule has 0 saturated heterocycles. The second-order valence-electron chi connectivity index (χ2n) is 3.91. The molecule has 0 atom stereocenters. The number of tetrazole rings is 1. The number of benzene rings is 1. The van der Waals surface area contributed by atoms with Crippen molar-refractivity contribution in [1.82, 2.24) is 20.2 Å². The van der Waals surface area contributed by atoms with Gasteiger partial charge in [0.15, 0.2) is 0 Å². The van der Waals surface area contributed by atoms with Gasteiger partial charge in [0, 0.05) is 11.6 Å². The quantitative estimate of drug-likeness (QED) is 0.459. The van der Waals surface area contributed by atoms with E-state index in [9.17, 15) is 4.79 Å². The summed E-state index contributed by atoms with van der Waals surface area (Å²) in [6, 6.07) is 3.79. The highest BCUT2D eigenvalue weighted by Crippen LogP contribution is 2.26. The Morgan fingerprint density at radius 3 is 2.90 bits per heavy atom. The Bertz CT molecular complexity index is 646. The van der Waals surface area contributed by atoms with E-state index >= 15 is 0 Å². The van der Waals surface area contributed by atoms with Gasteiger partial charge in [0.1, 0.15) is 0 Å². The molecule has 1 heterocycles. The highest BCUT2D eigenvalue weighted by Gasteiger charge is 2.15. The average molecular weight is 562 g/mol. The lowest BCUT2D eigenvalue weighted by Crippen LogP contribution is -2.15. The average Bonchev–Trinajstić information content (AvgIpc) is 2.81. The van der Waals surface area contributed by atoms with Gasteiger partial charge in [0.05, 0.1) is 12.1 Å². The van der Waals surface area contributed by atoms with Gasteiger partial charge in [0.25, 0.3) is 11.9 Å². The molecule has 0 spiro atoms. The maximum Gasteiger partial charge on any atom is 0.270 e. The minimum atomic E-state index is -0.260. The van der Waals surface area contributed by atoms with Crippen molar-refractivity contribution in [2.75, 3.05) is 5.32 Å². The molecule has 2 aromatic rings. The fourth-order valence-electron chi connectivity index (χ4n) is 1.48. The Kier molecular flexibility index (Phi) is 5.72. The van der Waals surface area contributed by atoms with Crippen molar-refractivity contribution < 1.29 is 4.79 Å². The van der Waals surface area contributed by atoms with Gasteiger partial charge < -0.3 is 0 Å². The summed E-state index contributed by atoms with van der Waals surface area (Å²) in [6.07, 6.45) is 0.907. The Morgan fingerprint density at radius 2 is 2.20 bits per heavy atom. The molecule has 9 heteroatoms. The fraction of sp³-hybridized carbons (Fsp3) is 0.273. The van der Waals surface area contributed by atoms with Crippen molar-refractivity contribution in [1.29, 1.82) is 0 Å². The Hall–Kier alpha value is -0.300. The van der Waals surface area contributed by atoms with Crippen LogP contribution in [0.5, 0.6) is 0 Å². The van der Waals surface area contributed by atoms with E-state index in [1.54, 1.807) is 6.07 Å². The van der Waals surface area contributed by atoms with Gasteiger partial charge in [-0.15, -0.1) is 5.10 Å². The smallest absolute Gasteiger partial charge is 0.270 e. The third kappa shape index (κ3) is 3.87. The lowest BCUT2D eigenvalue weighted by atomic mass is 10.2. The van der Waals surface area contributed by atoms with Crippen molar-refractivity contribution in [3.63, 3.8) is 0 Å². The Morgan fingerprint density at radius 1 is 1.45 bits per heavy atom. The largest absolute Gasteiger partial charge is 0.288 e. The van der Waals surface area contributed by atoms with Crippen LogP contribution in [0.25, 0.3) is 0 Å². The van der Waals surface area contributed by atoms with E-state index in [0.29, 0.717) is 12.1 Å². The van der Waals surface area contributed by atoms with E-state index in [4.69, 9.17) is 0 Å². The molecule has 1 aromatic carbocycles. The van der Waals surface area contributed by atoms with Crippen LogP contribution in [0.15, 0.2) is 16.6 Å². The van der Waals surface area contributed by atoms with E-state index in [-0.39, 0.29) is 11.9 Å². The third-order valence-electron chi connectivity index (χ3n) is 2.34. The van der Waals surface area contributed by atoms with E-state index in [1.165, 1.54) is 4.80 Å². The molecule has 0 bridgehead atoms. The summed E-state index contributed by atoms with van der Waals surface area (Å²) < 4.78 is 2.72. The molecule has 0 unspecified atom stereocenters. The molecule has 2 rings (SSSR count). The number of aromatic nitrogens is 4. The number of rotatable bonds is 4. The van der Waals surface area contributed by atoms with Crippen LogP contribution in [0.4, 0.5) is 5.95 Å². The van der Waals surface area contributed by atoms with Gasteiger partial charge >= 0.3 is 0 Å². The number of anilines is 1. The zero-order valence-electron chi connectivity index (χ0n) is 10.4. The summed E-state index contributed by atoms with van der Waals surface area (Å²) in [7, 11) is 0. The molecule has 6 nitrogen and oxygen atoms in total. The van der Waals surface area contributed by atoms with Crippen molar-refractivity contribution >= 4 is 73.0 Å². The molecular formula is C11H10BrI2N5O. The second-order valence-corrected chi connectivity index (χ2v) is 7.11.